The molecule has 0 saturated heterocycles. The van der Waals surface area contributed by atoms with Gasteiger partial charge in [0.05, 0.1) is 6.61 Å². The highest BCUT2D eigenvalue weighted by atomic mass is 35.5. The lowest BCUT2D eigenvalue weighted by molar-refractivity contribution is 0.259. The molecule has 2 aromatic carbocycles. The third kappa shape index (κ3) is 3.34. The molecule has 0 fully saturated rings. The van der Waals surface area contributed by atoms with Gasteiger partial charge >= 0.3 is 0 Å². The second-order valence-corrected chi connectivity index (χ2v) is 5.09. The number of ether oxygens (including phenoxy) is 1. The molecule has 0 aliphatic carbocycles. The van der Waals surface area contributed by atoms with Crippen molar-refractivity contribution in [3.63, 3.8) is 0 Å². The maximum Gasteiger partial charge on any atom is 0.126 e. The lowest BCUT2D eigenvalue weighted by Gasteiger charge is -2.13. The minimum atomic E-state index is -0.189. The molecule has 0 unspecified atom stereocenters. The lowest BCUT2D eigenvalue weighted by Crippen LogP contribution is -2.00. The molecular formula is C14H11Cl3O2. The molecule has 19 heavy (non-hydrogen) atoms. The van der Waals surface area contributed by atoms with Crippen LogP contribution in [0.1, 0.15) is 11.1 Å². The number of halogens is 3. The Morgan fingerprint density at radius 2 is 1.37 bits per heavy atom. The maximum absolute atomic E-state index is 9.29. The molecule has 100 valence electrons. The molecule has 2 nitrogen and oxygen atoms in total. The van der Waals surface area contributed by atoms with Crippen LogP contribution in [0.2, 0.25) is 15.1 Å². The van der Waals surface area contributed by atoms with E-state index in [2.05, 4.69) is 0 Å². The van der Waals surface area contributed by atoms with E-state index in [9.17, 15) is 5.11 Å². The third-order valence-corrected chi connectivity index (χ3v) is 3.73. The van der Waals surface area contributed by atoms with E-state index in [-0.39, 0.29) is 13.2 Å². The molecule has 0 amide bonds. The molecule has 0 aliphatic rings. The molecule has 2 rings (SSSR count). The van der Waals surface area contributed by atoms with Crippen LogP contribution in [0.25, 0.3) is 0 Å². The lowest BCUT2D eigenvalue weighted by atomic mass is 10.2. The van der Waals surface area contributed by atoms with Gasteiger partial charge in [-0.25, -0.2) is 0 Å². The van der Waals surface area contributed by atoms with Crippen LogP contribution in [0.4, 0.5) is 0 Å². The van der Waals surface area contributed by atoms with E-state index < -0.39 is 0 Å². The maximum atomic E-state index is 9.29. The van der Waals surface area contributed by atoms with Gasteiger partial charge in [-0.05, 0) is 24.3 Å². The Hall–Kier alpha value is -0.930. The van der Waals surface area contributed by atoms with Gasteiger partial charge in [-0.1, -0.05) is 46.9 Å². The van der Waals surface area contributed by atoms with E-state index in [1.807, 2.05) is 0 Å². The monoisotopic (exact) mass is 316 g/mol. The standard InChI is InChI=1S/C14H11Cl3O2/c15-11-5-2-6-14(9(11)7-18)19-8-10-12(16)3-1-4-13(10)17/h1-6,18H,7-8H2. The Labute approximate surface area is 126 Å². The van der Waals surface area contributed by atoms with Crippen LogP contribution in [0.5, 0.6) is 5.75 Å². The number of benzene rings is 2. The van der Waals surface area contributed by atoms with Crippen molar-refractivity contribution in [1.82, 2.24) is 0 Å². The van der Waals surface area contributed by atoms with Crippen LogP contribution in [-0.2, 0) is 13.2 Å². The van der Waals surface area contributed by atoms with E-state index in [0.29, 0.717) is 31.9 Å². The fourth-order valence-electron chi connectivity index (χ4n) is 1.65. The van der Waals surface area contributed by atoms with Gasteiger partial charge in [-0.2, -0.15) is 0 Å². The smallest absolute Gasteiger partial charge is 0.126 e. The highest BCUT2D eigenvalue weighted by Crippen LogP contribution is 2.29. The molecule has 2 aromatic rings. The number of aliphatic hydroxyl groups is 1. The highest BCUT2D eigenvalue weighted by molar-refractivity contribution is 6.36. The van der Waals surface area contributed by atoms with Crippen molar-refractivity contribution in [3.05, 3.63) is 62.6 Å². The van der Waals surface area contributed by atoms with Gasteiger partial charge in [0.1, 0.15) is 12.4 Å². The van der Waals surface area contributed by atoms with Crippen molar-refractivity contribution in [1.29, 1.82) is 0 Å². The van der Waals surface area contributed by atoms with Crippen LogP contribution in [0.15, 0.2) is 36.4 Å². The number of aliphatic hydroxyl groups excluding tert-OH is 1. The number of hydrogen-bond donors (Lipinski definition) is 1. The summed E-state index contributed by atoms with van der Waals surface area (Å²) in [7, 11) is 0. The van der Waals surface area contributed by atoms with Crippen LogP contribution in [-0.4, -0.2) is 5.11 Å². The average Bonchev–Trinajstić information content (AvgIpc) is 2.38. The molecule has 0 atom stereocenters. The summed E-state index contributed by atoms with van der Waals surface area (Å²) in [6, 6.07) is 10.5. The van der Waals surface area contributed by atoms with Crippen molar-refractivity contribution in [2.24, 2.45) is 0 Å². The van der Waals surface area contributed by atoms with E-state index in [0.717, 1.165) is 0 Å². The first-order valence-electron chi connectivity index (χ1n) is 5.57. The zero-order chi connectivity index (χ0) is 13.8. The molecule has 1 N–H and O–H groups in total. The first-order valence-corrected chi connectivity index (χ1v) is 6.71. The Morgan fingerprint density at radius 3 is 1.95 bits per heavy atom. The second kappa shape index (κ2) is 6.49. The Bertz CT molecular complexity index is 565. The number of hydrogen-bond acceptors (Lipinski definition) is 2. The molecule has 0 aromatic heterocycles. The topological polar surface area (TPSA) is 29.5 Å². The summed E-state index contributed by atoms with van der Waals surface area (Å²) >= 11 is 18.1. The Kier molecular flexibility index (Phi) is 4.94. The predicted molar refractivity (Wildman–Crippen MR) is 78.2 cm³/mol. The van der Waals surface area contributed by atoms with Gasteiger partial charge in [0.15, 0.2) is 0 Å². The first-order chi connectivity index (χ1) is 9.13. The van der Waals surface area contributed by atoms with Crippen LogP contribution >= 0.6 is 34.8 Å². The fourth-order valence-corrected chi connectivity index (χ4v) is 2.38. The van der Waals surface area contributed by atoms with Gasteiger partial charge in [-0.3, -0.25) is 0 Å². The van der Waals surface area contributed by atoms with Gasteiger partial charge in [0.25, 0.3) is 0 Å². The second-order valence-electron chi connectivity index (χ2n) is 3.86. The quantitative estimate of drug-likeness (QED) is 0.884. The predicted octanol–water partition coefficient (Wildman–Crippen LogP) is 4.72. The van der Waals surface area contributed by atoms with Gasteiger partial charge < -0.3 is 9.84 Å². The summed E-state index contributed by atoms with van der Waals surface area (Å²) in [5.74, 6) is 0.519. The highest BCUT2D eigenvalue weighted by Gasteiger charge is 2.10. The first kappa shape index (κ1) is 14.5. The van der Waals surface area contributed by atoms with Crippen molar-refractivity contribution in [3.8, 4) is 5.75 Å². The molecule has 0 heterocycles. The zero-order valence-corrected chi connectivity index (χ0v) is 12.1. The zero-order valence-electron chi connectivity index (χ0n) is 9.87. The van der Waals surface area contributed by atoms with Crippen molar-refractivity contribution >= 4 is 34.8 Å². The Balaban J connectivity index is 2.22. The summed E-state index contributed by atoms with van der Waals surface area (Å²) in [5, 5.41) is 10.8. The normalized spacial score (nSPS) is 10.5. The van der Waals surface area contributed by atoms with E-state index in [1.165, 1.54) is 0 Å². The molecule has 0 bridgehead atoms. The summed E-state index contributed by atoms with van der Waals surface area (Å²) in [6.45, 7) is 0.0249. The minimum Gasteiger partial charge on any atom is -0.488 e. The average molecular weight is 318 g/mol. The molecule has 0 radical (unpaired) electrons. The largest absolute Gasteiger partial charge is 0.488 e. The number of rotatable bonds is 4. The van der Waals surface area contributed by atoms with Crippen molar-refractivity contribution < 1.29 is 9.84 Å². The van der Waals surface area contributed by atoms with Gasteiger partial charge in [0, 0.05) is 26.2 Å². The fraction of sp³-hybridized carbons (Fsp3) is 0.143. The minimum absolute atomic E-state index is 0.189. The Morgan fingerprint density at radius 1 is 0.842 bits per heavy atom. The molecular weight excluding hydrogens is 307 g/mol. The van der Waals surface area contributed by atoms with E-state index >= 15 is 0 Å². The van der Waals surface area contributed by atoms with E-state index in [4.69, 9.17) is 39.5 Å². The SMILES string of the molecule is OCc1c(Cl)cccc1OCc1c(Cl)cccc1Cl. The van der Waals surface area contributed by atoms with E-state index in [1.54, 1.807) is 36.4 Å². The van der Waals surface area contributed by atoms with Crippen LogP contribution in [0.3, 0.4) is 0 Å². The van der Waals surface area contributed by atoms with Crippen molar-refractivity contribution in [2.75, 3.05) is 0 Å². The summed E-state index contributed by atoms with van der Waals surface area (Å²) in [5.41, 5.74) is 1.25. The molecule has 0 aliphatic heterocycles. The van der Waals surface area contributed by atoms with Gasteiger partial charge in [-0.15, -0.1) is 0 Å². The summed E-state index contributed by atoms with van der Waals surface area (Å²) in [6.07, 6.45) is 0. The summed E-state index contributed by atoms with van der Waals surface area (Å²) < 4.78 is 5.64. The van der Waals surface area contributed by atoms with Crippen LogP contribution in [0, 0.1) is 0 Å². The van der Waals surface area contributed by atoms with Crippen LogP contribution < -0.4 is 4.74 Å². The third-order valence-electron chi connectivity index (χ3n) is 2.67. The summed E-state index contributed by atoms with van der Waals surface area (Å²) in [4.78, 5) is 0. The van der Waals surface area contributed by atoms with Gasteiger partial charge in [0.2, 0.25) is 0 Å². The van der Waals surface area contributed by atoms with Crippen molar-refractivity contribution in [2.45, 2.75) is 13.2 Å². The molecule has 5 heteroatoms. The molecule has 0 saturated carbocycles. The molecule has 0 spiro atoms.